The number of nitrogens with zero attached hydrogens (tertiary/aromatic N) is 1. The van der Waals surface area contributed by atoms with E-state index in [0.29, 0.717) is 0 Å². The van der Waals surface area contributed by atoms with Gasteiger partial charge in [-0.3, -0.25) is 0 Å². The molecule has 84 valence electrons. The number of hydrogen-bond acceptors (Lipinski definition) is 3. The van der Waals surface area contributed by atoms with Crippen LogP contribution in [-0.2, 0) is 6.54 Å². The summed E-state index contributed by atoms with van der Waals surface area (Å²) in [4.78, 5) is 4.27. The van der Waals surface area contributed by atoms with Gasteiger partial charge < -0.3 is 10.6 Å². The van der Waals surface area contributed by atoms with Crippen LogP contribution in [0.15, 0.2) is 18.3 Å². The van der Waals surface area contributed by atoms with Gasteiger partial charge in [-0.15, -0.1) is 0 Å². The van der Waals surface area contributed by atoms with Crippen molar-refractivity contribution >= 4 is 5.82 Å². The molecule has 0 saturated heterocycles. The third-order valence-corrected chi connectivity index (χ3v) is 2.14. The van der Waals surface area contributed by atoms with E-state index in [-0.39, 0.29) is 0 Å². The summed E-state index contributed by atoms with van der Waals surface area (Å²) in [5.41, 5.74) is 1.29. The van der Waals surface area contributed by atoms with E-state index in [1.807, 2.05) is 6.20 Å². The van der Waals surface area contributed by atoms with E-state index in [0.717, 1.165) is 31.9 Å². The monoisotopic (exact) mass is 207 g/mol. The molecule has 0 aliphatic rings. The summed E-state index contributed by atoms with van der Waals surface area (Å²) in [7, 11) is 0. The Kier molecular flexibility index (Phi) is 5.78. The first-order valence-corrected chi connectivity index (χ1v) is 5.76. The van der Waals surface area contributed by atoms with Crippen LogP contribution in [0.3, 0.4) is 0 Å². The minimum Gasteiger partial charge on any atom is -0.370 e. The molecule has 1 aromatic heterocycles. The normalized spacial score (nSPS) is 10.3. The number of nitrogens with one attached hydrogen (secondary N) is 2. The molecule has 0 amide bonds. The van der Waals surface area contributed by atoms with E-state index in [1.54, 1.807) is 0 Å². The highest BCUT2D eigenvalue weighted by Gasteiger charge is 1.95. The topological polar surface area (TPSA) is 37.0 Å². The van der Waals surface area contributed by atoms with Crippen molar-refractivity contribution < 1.29 is 0 Å². The van der Waals surface area contributed by atoms with Gasteiger partial charge in [0.2, 0.25) is 0 Å². The summed E-state index contributed by atoms with van der Waals surface area (Å²) in [6.45, 7) is 7.31. The van der Waals surface area contributed by atoms with Crippen molar-refractivity contribution in [3.63, 3.8) is 0 Å². The Bertz CT molecular complexity index is 273. The molecular weight excluding hydrogens is 186 g/mol. The molecule has 0 atom stereocenters. The lowest BCUT2D eigenvalue weighted by molar-refractivity contribution is 0.675. The predicted molar refractivity (Wildman–Crippen MR) is 65.0 cm³/mol. The van der Waals surface area contributed by atoms with Gasteiger partial charge in [0.1, 0.15) is 5.82 Å². The summed E-state index contributed by atoms with van der Waals surface area (Å²) in [5, 5.41) is 6.67. The van der Waals surface area contributed by atoms with Gasteiger partial charge in [-0.05, 0) is 37.1 Å². The number of rotatable bonds is 7. The zero-order valence-electron chi connectivity index (χ0n) is 9.71. The summed E-state index contributed by atoms with van der Waals surface area (Å²) in [6.07, 6.45) is 4.16. The van der Waals surface area contributed by atoms with Crippen LogP contribution in [0.4, 0.5) is 5.82 Å². The van der Waals surface area contributed by atoms with Gasteiger partial charge in [-0.25, -0.2) is 4.98 Å². The molecule has 3 nitrogen and oxygen atoms in total. The lowest BCUT2D eigenvalue weighted by atomic mass is 10.2. The van der Waals surface area contributed by atoms with Crippen molar-refractivity contribution in [1.82, 2.24) is 10.3 Å². The minimum absolute atomic E-state index is 0.928. The van der Waals surface area contributed by atoms with Crippen LogP contribution in [0.1, 0.15) is 32.3 Å². The van der Waals surface area contributed by atoms with Crippen LogP contribution in [0.5, 0.6) is 0 Å². The second kappa shape index (κ2) is 7.23. The Labute approximate surface area is 92.3 Å². The first-order chi connectivity index (χ1) is 7.36. The van der Waals surface area contributed by atoms with Crippen LogP contribution in [0.2, 0.25) is 0 Å². The molecule has 0 saturated carbocycles. The molecule has 0 fully saturated rings. The van der Waals surface area contributed by atoms with Crippen molar-refractivity contribution in [2.24, 2.45) is 0 Å². The number of hydrogen-bond donors (Lipinski definition) is 2. The Morgan fingerprint density at radius 3 is 2.73 bits per heavy atom. The third-order valence-electron chi connectivity index (χ3n) is 2.14. The molecule has 1 aromatic rings. The standard InChI is InChI=1S/C12H21N3/c1-3-6-13-10-11-5-8-15-12(9-11)14-7-4-2/h5,8-9,13H,3-4,6-7,10H2,1-2H3,(H,14,15). The van der Waals surface area contributed by atoms with Crippen LogP contribution < -0.4 is 10.6 Å². The zero-order valence-corrected chi connectivity index (χ0v) is 9.71. The molecule has 1 heterocycles. The van der Waals surface area contributed by atoms with E-state index >= 15 is 0 Å². The van der Waals surface area contributed by atoms with Gasteiger partial charge in [-0.1, -0.05) is 13.8 Å². The SMILES string of the molecule is CCCNCc1ccnc(NCCC)c1. The van der Waals surface area contributed by atoms with Crippen LogP contribution in [0, 0.1) is 0 Å². The third kappa shape index (κ3) is 4.79. The van der Waals surface area contributed by atoms with Gasteiger partial charge in [0.15, 0.2) is 0 Å². The molecule has 3 heteroatoms. The van der Waals surface area contributed by atoms with Crippen LogP contribution in [-0.4, -0.2) is 18.1 Å². The first-order valence-electron chi connectivity index (χ1n) is 5.76. The maximum absolute atomic E-state index is 4.27. The minimum atomic E-state index is 0.928. The maximum atomic E-state index is 4.27. The number of pyridine rings is 1. The van der Waals surface area contributed by atoms with Crippen LogP contribution >= 0.6 is 0 Å². The molecular formula is C12H21N3. The van der Waals surface area contributed by atoms with Gasteiger partial charge in [-0.2, -0.15) is 0 Å². The fraction of sp³-hybridized carbons (Fsp3) is 0.583. The van der Waals surface area contributed by atoms with Crippen molar-refractivity contribution in [3.8, 4) is 0 Å². The Balaban J connectivity index is 2.42. The molecule has 2 N–H and O–H groups in total. The average molecular weight is 207 g/mol. The molecule has 0 unspecified atom stereocenters. The molecule has 15 heavy (non-hydrogen) atoms. The Morgan fingerprint density at radius 1 is 1.20 bits per heavy atom. The largest absolute Gasteiger partial charge is 0.370 e. The van der Waals surface area contributed by atoms with Crippen molar-refractivity contribution in [1.29, 1.82) is 0 Å². The summed E-state index contributed by atoms with van der Waals surface area (Å²) >= 11 is 0. The summed E-state index contributed by atoms with van der Waals surface area (Å²) in [5.74, 6) is 0.979. The highest BCUT2D eigenvalue weighted by Crippen LogP contribution is 2.06. The summed E-state index contributed by atoms with van der Waals surface area (Å²) in [6, 6.07) is 4.16. The lowest BCUT2D eigenvalue weighted by Crippen LogP contribution is -2.14. The Morgan fingerprint density at radius 2 is 2.00 bits per heavy atom. The van der Waals surface area contributed by atoms with E-state index in [2.05, 4.69) is 41.6 Å². The Hall–Kier alpha value is -1.09. The lowest BCUT2D eigenvalue weighted by Gasteiger charge is -2.07. The molecule has 0 aromatic carbocycles. The van der Waals surface area contributed by atoms with Crippen LogP contribution in [0.25, 0.3) is 0 Å². The van der Waals surface area contributed by atoms with Crippen molar-refractivity contribution in [2.45, 2.75) is 33.2 Å². The van der Waals surface area contributed by atoms with E-state index in [4.69, 9.17) is 0 Å². The van der Waals surface area contributed by atoms with E-state index < -0.39 is 0 Å². The maximum Gasteiger partial charge on any atom is 0.126 e. The fourth-order valence-corrected chi connectivity index (χ4v) is 1.34. The smallest absolute Gasteiger partial charge is 0.126 e. The number of anilines is 1. The molecule has 0 aliphatic heterocycles. The highest BCUT2D eigenvalue weighted by atomic mass is 15.0. The molecule has 0 aliphatic carbocycles. The van der Waals surface area contributed by atoms with Crippen molar-refractivity contribution in [2.75, 3.05) is 18.4 Å². The quantitative estimate of drug-likeness (QED) is 0.674. The predicted octanol–water partition coefficient (Wildman–Crippen LogP) is 2.40. The van der Waals surface area contributed by atoms with Gasteiger partial charge in [0.05, 0.1) is 0 Å². The van der Waals surface area contributed by atoms with E-state index in [9.17, 15) is 0 Å². The second-order valence-corrected chi connectivity index (χ2v) is 3.65. The van der Waals surface area contributed by atoms with Gasteiger partial charge >= 0.3 is 0 Å². The van der Waals surface area contributed by atoms with Crippen molar-refractivity contribution in [3.05, 3.63) is 23.9 Å². The second-order valence-electron chi connectivity index (χ2n) is 3.65. The average Bonchev–Trinajstić information content (AvgIpc) is 2.27. The van der Waals surface area contributed by atoms with Gasteiger partial charge in [0, 0.05) is 19.3 Å². The highest BCUT2D eigenvalue weighted by molar-refractivity contribution is 5.37. The van der Waals surface area contributed by atoms with Gasteiger partial charge in [0.25, 0.3) is 0 Å². The summed E-state index contributed by atoms with van der Waals surface area (Å²) < 4.78 is 0. The molecule has 0 bridgehead atoms. The first kappa shape index (κ1) is 12.0. The fourth-order valence-electron chi connectivity index (χ4n) is 1.34. The molecule has 1 rings (SSSR count). The van der Waals surface area contributed by atoms with E-state index in [1.165, 1.54) is 12.0 Å². The molecule has 0 spiro atoms. The number of aromatic nitrogens is 1. The molecule has 0 radical (unpaired) electrons. The zero-order chi connectivity index (χ0) is 10.9.